The number of rotatable bonds is 3. The zero-order valence-corrected chi connectivity index (χ0v) is 15.7. The average molecular weight is 352 g/mol. The molecule has 3 heteroatoms. The number of pyridine rings is 2. The lowest BCUT2D eigenvalue weighted by Crippen LogP contribution is -2.03. The van der Waals surface area contributed by atoms with Gasteiger partial charge in [-0.25, -0.2) is 4.98 Å². The highest BCUT2D eigenvalue weighted by atomic mass is 16.1. The van der Waals surface area contributed by atoms with Crippen molar-refractivity contribution in [1.82, 2.24) is 9.97 Å². The van der Waals surface area contributed by atoms with Crippen LogP contribution in [0.1, 0.15) is 28.4 Å². The summed E-state index contributed by atoms with van der Waals surface area (Å²) < 4.78 is 0. The Bertz CT molecular complexity index is 1140. The van der Waals surface area contributed by atoms with Crippen molar-refractivity contribution in [3.05, 3.63) is 83.7 Å². The summed E-state index contributed by atoms with van der Waals surface area (Å²) in [5.74, 6) is 0.0328. The maximum absolute atomic E-state index is 12.3. The van der Waals surface area contributed by atoms with Crippen molar-refractivity contribution < 1.29 is 4.79 Å². The van der Waals surface area contributed by atoms with Crippen LogP contribution in [0, 0.1) is 13.8 Å². The van der Waals surface area contributed by atoms with Gasteiger partial charge in [-0.1, -0.05) is 54.1 Å². The second-order valence-corrected chi connectivity index (χ2v) is 6.85. The number of benzene rings is 2. The molecule has 0 aliphatic heterocycles. The predicted molar refractivity (Wildman–Crippen MR) is 110 cm³/mol. The first-order valence-electron chi connectivity index (χ1n) is 8.97. The molecule has 2 heterocycles. The maximum atomic E-state index is 12.3. The summed E-state index contributed by atoms with van der Waals surface area (Å²) >= 11 is 0. The second-order valence-electron chi connectivity index (χ2n) is 6.85. The lowest BCUT2D eigenvalue weighted by molar-refractivity contribution is 0.101. The van der Waals surface area contributed by atoms with Gasteiger partial charge in [-0.05, 0) is 43.5 Å². The van der Waals surface area contributed by atoms with Gasteiger partial charge >= 0.3 is 0 Å². The van der Waals surface area contributed by atoms with Gasteiger partial charge in [0.15, 0.2) is 5.78 Å². The van der Waals surface area contributed by atoms with E-state index in [0.717, 1.165) is 33.3 Å². The van der Waals surface area contributed by atoms with E-state index in [1.54, 1.807) is 19.3 Å². The zero-order valence-electron chi connectivity index (χ0n) is 15.7. The molecule has 0 spiro atoms. The first kappa shape index (κ1) is 17.1. The largest absolute Gasteiger partial charge is 0.294 e. The Morgan fingerprint density at radius 3 is 2.04 bits per heavy atom. The fourth-order valence-corrected chi connectivity index (χ4v) is 3.50. The summed E-state index contributed by atoms with van der Waals surface area (Å²) in [5.41, 5.74) is 7.82. The maximum Gasteiger partial charge on any atom is 0.160 e. The summed E-state index contributed by atoms with van der Waals surface area (Å²) in [7, 11) is 0. The van der Waals surface area contributed by atoms with Crippen LogP contribution in [0.2, 0.25) is 0 Å². The SMILES string of the molecule is CC(=O)c1c(C)c(-c2ccc(-c3ccc(C)cc3)cc2)nc2ccncc12. The van der Waals surface area contributed by atoms with E-state index in [9.17, 15) is 4.79 Å². The number of carbonyl (C=O) groups is 1. The molecule has 0 fully saturated rings. The third-order valence-corrected chi connectivity index (χ3v) is 4.93. The van der Waals surface area contributed by atoms with Crippen molar-refractivity contribution in [2.45, 2.75) is 20.8 Å². The van der Waals surface area contributed by atoms with Gasteiger partial charge in [0.1, 0.15) is 0 Å². The van der Waals surface area contributed by atoms with E-state index in [1.165, 1.54) is 11.1 Å². The number of hydrogen-bond acceptors (Lipinski definition) is 3. The van der Waals surface area contributed by atoms with Gasteiger partial charge in [-0.15, -0.1) is 0 Å². The van der Waals surface area contributed by atoms with Gasteiger partial charge in [0, 0.05) is 28.9 Å². The summed E-state index contributed by atoms with van der Waals surface area (Å²) in [4.78, 5) is 21.2. The Kier molecular flexibility index (Phi) is 4.28. The highest BCUT2D eigenvalue weighted by molar-refractivity contribution is 6.08. The average Bonchev–Trinajstić information content (AvgIpc) is 2.68. The van der Waals surface area contributed by atoms with Crippen molar-refractivity contribution in [3.8, 4) is 22.4 Å². The molecule has 0 atom stereocenters. The number of hydrogen-bond donors (Lipinski definition) is 0. The molecule has 0 amide bonds. The molecule has 2 aromatic carbocycles. The smallest absolute Gasteiger partial charge is 0.160 e. The number of nitrogens with zero attached hydrogens (tertiary/aromatic N) is 2. The highest BCUT2D eigenvalue weighted by Gasteiger charge is 2.16. The van der Waals surface area contributed by atoms with Gasteiger partial charge in [0.25, 0.3) is 0 Å². The van der Waals surface area contributed by atoms with E-state index in [0.29, 0.717) is 5.56 Å². The summed E-state index contributed by atoms with van der Waals surface area (Å²) in [6, 6.07) is 18.7. The molecule has 0 unspecified atom stereocenters. The van der Waals surface area contributed by atoms with Gasteiger partial charge < -0.3 is 0 Å². The monoisotopic (exact) mass is 352 g/mol. The molecule has 27 heavy (non-hydrogen) atoms. The van der Waals surface area contributed by atoms with E-state index in [-0.39, 0.29) is 5.78 Å². The lowest BCUT2D eigenvalue weighted by Gasteiger charge is -2.13. The standard InChI is InChI=1S/C24H20N2O/c1-15-4-6-18(7-5-15)19-8-10-20(11-9-19)24-16(2)23(17(3)27)21-14-25-13-12-22(21)26-24/h4-14H,1-3H3. The van der Waals surface area contributed by atoms with E-state index >= 15 is 0 Å². The molecule has 0 radical (unpaired) electrons. The van der Waals surface area contributed by atoms with E-state index in [1.807, 2.05) is 13.0 Å². The molecule has 3 nitrogen and oxygen atoms in total. The number of aryl methyl sites for hydroxylation is 1. The van der Waals surface area contributed by atoms with Crippen LogP contribution in [-0.4, -0.2) is 15.8 Å². The number of aromatic nitrogens is 2. The van der Waals surface area contributed by atoms with Gasteiger partial charge in [-0.2, -0.15) is 0 Å². The summed E-state index contributed by atoms with van der Waals surface area (Å²) in [6.45, 7) is 5.64. The Balaban J connectivity index is 1.84. The van der Waals surface area contributed by atoms with Crippen molar-refractivity contribution in [1.29, 1.82) is 0 Å². The van der Waals surface area contributed by atoms with E-state index in [2.05, 4.69) is 60.4 Å². The quantitative estimate of drug-likeness (QED) is 0.439. The molecule has 0 saturated heterocycles. The first-order chi connectivity index (χ1) is 13.0. The van der Waals surface area contributed by atoms with Crippen molar-refractivity contribution >= 4 is 16.7 Å². The number of ketones is 1. The predicted octanol–water partition coefficient (Wildman–Crippen LogP) is 5.78. The van der Waals surface area contributed by atoms with Crippen LogP contribution in [0.4, 0.5) is 0 Å². The fraction of sp³-hybridized carbons (Fsp3) is 0.125. The molecule has 2 aromatic heterocycles. The fourth-order valence-electron chi connectivity index (χ4n) is 3.50. The van der Waals surface area contributed by atoms with Crippen molar-refractivity contribution in [3.63, 3.8) is 0 Å². The van der Waals surface area contributed by atoms with Crippen molar-refractivity contribution in [2.75, 3.05) is 0 Å². The minimum Gasteiger partial charge on any atom is -0.294 e. The van der Waals surface area contributed by atoms with Crippen LogP contribution in [0.3, 0.4) is 0 Å². The molecule has 132 valence electrons. The number of fused-ring (bicyclic) bond motifs is 1. The molecular formula is C24H20N2O. The Hall–Kier alpha value is -3.33. The molecule has 0 saturated carbocycles. The van der Waals surface area contributed by atoms with Gasteiger partial charge in [0.05, 0.1) is 11.2 Å². The molecule has 0 aliphatic rings. The molecule has 4 rings (SSSR count). The molecule has 0 N–H and O–H groups in total. The number of Topliss-reactive ketones (excluding diaryl/α,β-unsaturated/α-hetero) is 1. The second kappa shape index (κ2) is 6.76. The number of carbonyl (C=O) groups excluding carboxylic acids is 1. The Morgan fingerprint density at radius 1 is 0.815 bits per heavy atom. The molecule has 4 aromatic rings. The molecule has 0 bridgehead atoms. The lowest BCUT2D eigenvalue weighted by atomic mass is 9.95. The first-order valence-corrected chi connectivity index (χ1v) is 8.97. The van der Waals surface area contributed by atoms with Crippen LogP contribution in [0.15, 0.2) is 67.0 Å². The zero-order chi connectivity index (χ0) is 19.0. The van der Waals surface area contributed by atoms with Gasteiger partial charge in [-0.3, -0.25) is 9.78 Å². The third-order valence-electron chi connectivity index (χ3n) is 4.93. The Labute approximate surface area is 158 Å². The topological polar surface area (TPSA) is 42.9 Å². The minimum absolute atomic E-state index is 0.0328. The normalized spacial score (nSPS) is 10.9. The minimum atomic E-state index is 0.0328. The van der Waals surface area contributed by atoms with E-state index < -0.39 is 0 Å². The van der Waals surface area contributed by atoms with Crippen LogP contribution in [0.25, 0.3) is 33.3 Å². The molecular weight excluding hydrogens is 332 g/mol. The molecule has 0 aliphatic carbocycles. The van der Waals surface area contributed by atoms with Gasteiger partial charge in [0.2, 0.25) is 0 Å². The van der Waals surface area contributed by atoms with E-state index in [4.69, 9.17) is 4.98 Å². The van der Waals surface area contributed by atoms with Crippen LogP contribution >= 0.6 is 0 Å². The Morgan fingerprint density at radius 2 is 1.41 bits per heavy atom. The van der Waals surface area contributed by atoms with Crippen LogP contribution < -0.4 is 0 Å². The van der Waals surface area contributed by atoms with Crippen LogP contribution in [-0.2, 0) is 0 Å². The van der Waals surface area contributed by atoms with Crippen LogP contribution in [0.5, 0.6) is 0 Å². The third kappa shape index (κ3) is 3.13. The van der Waals surface area contributed by atoms with Crippen molar-refractivity contribution in [2.24, 2.45) is 0 Å². The summed E-state index contributed by atoms with van der Waals surface area (Å²) in [5, 5.41) is 0.808. The highest BCUT2D eigenvalue weighted by Crippen LogP contribution is 2.31. The summed E-state index contributed by atoms with van der Waals surface area (Å²) in [6.07, 6.45) is 3.43.